The zero-order chi connectivity index (χ0) is 19.3. The van der Waals surface area contributed by atoms with Gasteiger partial charge in [0.05, 0.1) is 6.54 Å². The van der Waals surface area contributed by atoms with Gasteiger partial charge in [-0.2, -0.15) is 28.6 Å². The number of thioether (sulfide) groups is 2. The number of halogens is 1. The maximum atomic E-state index is 4.32. The summed E-state index contributed by atoms with van der Waals surface area (Å²) in [7, 11) is 0. The molecule has 3 rings (SSSR count). The first-order chi connectivity index (χ1) is 13.9. The van der Waals surface area contributed by atoms with Crippen molar-refractivity contribution in [2.24, 2.45) is 11.8 Å². The van der Waals surface area contributed by atoms with E-state index in [0.717, 1.165) is 24.5 Å². The molecule has 1 atom stereocenters. The predicted octanol–water partition coefficient (Wildman–Crippen LogP) is 7.45. The van der Waals surface area contributed by atoms with E-state index in [9.17, 15) is 0 Å². The molecule has 0 saturated carbocycles. The van der Waals surface area contributed by atoms with Gasteiger partial charge in [0.1, 0.15) is 0 Å². The molecule has 1 aliphatic rings. The van der Waals surface area contributed by atoms with E-state index in [-0.39, 0.29) is 0 Å². The molecule has 28 heavy (non-hydrogen) atoms. The third-order valence-electron chi connectivity index (χ3n) is 4.45. The lowest BCUT2D eigenvalue weighted by Crippen LogP contribution is -2.10. The van der Waals surface area contributed by atoms with Crippen LogP contribution >= 0.6 is 44.8 Å². The maximum Gasteiger partial charge on any atom is 0.192 e. The van der Waals surface area contributed by atoms with Crippen molar-refractivity contribution in [3.63, 3.8) is 0 Å². The molecule has 0 spiro atoms. The second kappa shape index (κ2) is 13.3. The summed E-state index contributed by atoms with van der Waals surface area (Å²) in [6.45, 7) is 0.919. The van der Waals surface area contributed by atoms with Gasteiger partial charge >= 0.3 is 0 Å². The molecule has 150 valence electrons. The van der Waals surface area contributed by atoms with Gasteiger partial charge in [0.25, 0.3) is 0 Å². The van der Waals surface area contributed by atoms with E-state index in [4.69, 9.17) is 0 Å². The zero-order valence-corrected chi connectivity index (χ0v) is 19.8. The summed E-state index contributed by atoms with van der Waals surface area (Å²) >= 11 is 3.78. The summed E-state index contributed by atoms with van der Waals surface area (Å²) in [5, 5.41) is 6.55. The van der Waals surface area contributed by atoms with Gasteiger partial charge in [0.2, 0.25) is 0 Å². The highest BCUT2D eigenvalue weighted by molar-refractivity contribution is 14.1. The van der Waals surface area contributed by atoms with Crippen molar-refractivity contribution >= 4 is 44.8 Å². The summed E-state index contributed by atoms with van der Waals surface area (Å²) in [6, 6.07) is 21.6. The van der Waals surface area contributed by atoms with Gasteiger partial charge < -0.3 is 0 Å². The highest BCUT2D eigenvalue weighted by atomic mass is 127. The van der Waals surface area contributed by atoms with Crippen LogP contribution in [0.15, 0.2) is 72.5 Å². The normalized spacial score (nSPS) is 14.2. The highest BCUT2D eigenvalue weighted by Crippen LogP contribution is 2.27. The Kier molecular flexibility index (Phi) is 10.4. The van der Waals surface area contributed by atoms with Crippen LogP contribution in [-0.4, -0.2) is 22.7 Å². The first kappa shape index (κ1) is 21.8. The molecule has 0 aromatic heterocycles. The summed E-state index contributed by atoms with van der Waals surface area (Å²) in [6.07, 6.45) is 4.92. The Balaban J connectivity index is 1.38. The van der Waals surface area contributed by atoms with Crippen LogP contribution in [0.1, 0.15) is 36.8 Å². The van der Waals surface area contributed by atoms with Crippen LogP contribution in [0.2, 0.25) is 0 Å². The zero-order valence-electron chi connectivity index (χ0n) is 16.0. The average molecular weight is 527 g/mol. The van der Waals surface area contributed by atoms with E-state index >= 15 is 0 Å². The standard InChI is InChI=1S/C21H27IN4S2/c1-3-9-19(10-4-1)17-27-16-14-21(28-18-20-11-5-2-6-12-20)13-7-8-15-26-24-22-23-25-26/h1-6,9-12,21H,7-8,13-18H2. The van der Waals surface area contributed by atoms with Crippen molar-refractivity contribution in [3.05, 3.63) is 71.8 Å². The fourth-order valence-electron chi connectivity index (χ4n) is 2.91. The minimum Gasteiger partial charge on any atom is -0.159 e. The predicted molar refractivity (Wildman–Crippen MR) is 131 cm³/mol. The van der Waals surface area contributed by atoms with Gasteiger partial charge in [-0.05, 0) is 41.4 Å². The van der Waals surface area contributed by atoms with Gasteiger partial charge in [-0.25, -0.2) is 0 Å². The van der Waals surface area contributed by atoms with Crippen LogP contribution in [0.3, 0.4) is 0 Å². The number of hydrogen-bond donors (Lipinski definition) is 0. The summed E-state index contributed by atoms with van der Waals surface area (Å²) < 4.78 is 8.32. The van der Waals surface area contributed by atoms with Crippen molar-refractivity contribution in [2.45, 2.75) is 42.4 Å². The molecule has 4 nitrogen and oxygen atoms in total. The lowest BCUT2D eigenvalue weighted by molar-refractivity contribution is 0.295. The number of benzene rings is 2. The average Bonchev–Trinajstić information content (AvgIpc) is 3.27. The van der Waals surface area contributed by atoms with Crippen molar-refractivity contribution in [3.8, 4) is 0 Å². The van der Waals surface area contributed by atoms with Gasteiger partial charge in [-0.15, -0.1) is 3.25 Å². The van der Waals surface area contributed by atoms with Gasteiger partial charge in [-0.1, -0.05) is 70.4 Å². The summed E-state index contributed by atoms with van der Waals surface area (Å²) in [4.78, 5) is 0. The summed E-state index contributed by atoms with van der Waals surface area (Å²) in [5.41, 5.74) is 2.85. The molecule has 0 fully saturated rings. The smallest absolute Gasteiger partial charge is 0.159 e. The lowest BCUT2D eigenvalue weighted by Gasteiger charge is -2.17. The van der Waals surface area contributed by atoms with Crippen molar-refractivity contribution in [2.75, 3.05) is 12.3 Å². The lowest BCUT2D eigenvalue weighted by atomic mass is 10.1. The van der Waals surface area contributed by atoms with E-state index in [1.807, 2.05) is 0 Å². The van der Waals surface area contributed by atoms with Crippen LogP contribution < -0.4 is 0 Å². The van der Waals surface area contributed by atoms with Crippen molar-refractivity contribution in [1.82, 2.24) is 5.12 Å². The summed E-state index contributed by atoms with van der Waals surface area (Å²) in [5.74, 6) is 3.44. The monoisotopic (exact) mass is 526 g/mol. The highest BCUT2D eigenvalue weighted by Gasteiger charge is 2.11. The van der Waals surface area contributed by atoms with Gasteiger partial charge in [0, 0.05) is 16.8 Å². The number of rotatable bonds is 13. The number of hydrogen-bond acceptors (Lipinski definition) is 6. The Bertz CT molecular complexity index is 716. The number of unbranched alkanes of at least 4 members (excludes halogenated alkanes) is 1. The molecule has 2 aromatic rings. The molecular weight excluding hydrogens is 499 g/mol. The van der Waals surface area contributed by atoms with E-state index < -0.39 is 21.3 Å². The van der Waals surface area contributed by atoms with Crippen LogP contribution in [0.5, 0.6) is 0 Å². The molecule has 7 heteroatoms. The van der Waals surface area contributed by atoms with Crippen LogP contribution in [0.4, 0.5) is 0 Å². The Hall–Kier alpha value is -0.930. The number of nitrogens with zero attached hydrogens (tertiary/aromatic N) is 4. The maximum absolute atomic E-state index is 4.32. The van der Waals surface area contributed by atoms with Crippen LogP contribution in [-0.2, 0) is 11.5 Å². The fraction of sp³-hybridized carbons (Fsp3) is 0.429. The van der Waals surface area contributed by atoms with Gasteiger partial charge in [-0.3, -0.25) is 0 Å². The Labute approximate surface area is 187 Å². The van der Waals surface area contributed by atoms with E-state index in [0.29, 0.717) is 5.25 Å². The molecule has 0 bridgehead atoms. The first-order valence-corrected chi connectivity index (χ1v) is 13.8. The third kappa shape index (κ3) is 8.61. The topological polar surface area (TPSA) is 40.3 Å². The SMILES string of the molecule is c1ccc(CSCCC(CCCCN2N=NI=N2)SCc2ccccc2)cc1. The minimum atomic E-state index is -0.393. The molecule has 0 N–H and O–H groups in total. The first-order valence-electron chi connectivity index (χ1n) is 9.70. The Morgan fingerprint density at radius 1 is 0.857 bits per heavy atom. The van der Waals surface area contributed by atoms with Gasteiger partial charge in [0.15, 0.2) is 21.3 Å². The van der Waals surface area contributed by atoms with Crippen molar-refractivity contribution in [1.29, 1.82) is 0 Å². The quantitative estimate of drug-likeness (QED) is 0.201. The molecule has 0 radical (unpaired) electrons. The van der Waals surface area contributed by atoms with E-state index in [1.165, 1.54) is 36.1 Å². The molecule has 1 aliphatic heterocycles. The molecule has 1 heterocycles. The second-order valence-corrected chi connectivity index (χ2v) is 10.3. The van der Waals surface area contributed by atoms with E-state index in [2.05, 4.69) is 96.0 Å². The Morgan fingerprint density at radius 2 is 1.57 bits per heavy atom. The van der Waals surface area contributed by atoms with E-state index in [1.54, 1.807) is 5.12 Å². The molecule has 0 saturated heterocycles. The van der Waals surface area contributed by atoms with Crippen molar-refractivity contribution < 1.29 is 0 Å². The molecule has 0 aliphatic carbocycles. The molecule has 2 aromatic carbocycles. The molecular formula is C21H27IN4S2. The molecule has 1 unspecified atom stereocenters. The van der Waals surface area contributed by atoms with Crippen LogP contribution in [0, 0.1) is 0 Å². The third-order valence-corrected chi connectivity index (χ3v) is 8.03. The second-order valence-electron chi connectivity index (χ2n) is 6.65. The van der Waals surface area contributed by atoms with Crippen LogP contribution in [0.25, 0.3) is 0 Å². The minimum absolute atomic E-state index is 0.393. The fourth-order valence-corrected chi connectivity index (χ4v) is 6.24. The largest absolute Gasteiger partial charge is 0.192 e. The molecule has 0 amide bonds. The Morgan fingerprint density at radius 3 is 2.25 bits per heavy atom.